The highest BCUT2D eigenvalue weighted by atomic mass is 28.3. The molecule has 260 valence electrons. The number of hydrogen-bond acceptors (Lipinski definition) is 7. The van der Waals surface area contributed by atoms with E-state index >= 15 is 0 Å². The fourth-order valence-corrected chi connectivity index (χ4v) is 4.94. The summed E-state index contributed by atoms with van der Waals surface area (Å²) in [5.41, 5.74) is 2.37. The summed E-state index contributed by atoms with van der Waals surface area (Å²) in [4.78, 5) is 12.2. The van der Waals surface area contributed by atoms with E-state index in [0.29, 0.717) is 18.8 Å². The maximum absolute atomic E-state index is 12.4. The number of hydrogen-bond donors (Lipinski definition) is 3. The summed E-state index contributed by atoms with van der Waals surface area (Å²) < 4.78 is 87.5. The van der Waals surface area contributed by atoms with Crippen LogP contribution in [-0.2, 0) is 16.3 Å². The molecule has 1 aromatic heterocycles. The average molecular weight is 700 g/mol. The molecule has 0 bridgehead atoms. The lowest BCUT2D eigenvalue weighted by molar-refractivity contribution is -0.275. The molecule has 0 saturated carbocycles. The number of amides is 1. The number of nitrogens with zero attached hydrogens (tertiary/aromatic N) is 2. The van der Waals surface area contributed by atoms with Gasteiger partial charge in [0.1, 0.15) is 18.2 Å². The zero-order valence-electron chi connectivity index (χ0n) is 26.7. The Labute approximate surface area is 274 Å². The van der Waals surface area contributed by atoms with E-state index in [-0.39, 0.29) is 23.9 Å². The minimum atomic E-state index is -4.74. The normalized spacial score (nSPS) is 11.9. The topological polar surface area (TPSA) is 115 Å². The summed E-state index contributed by atoms with van der Waals surface area (Å²) in [6.45, 7) is 9.61. The maximum Gasteiger partial charge on any atom is 0.573 e. The van der Waals surface area contributed by atoms with Crippen molar-refractivity contribution in [3.63, 3.8) is 0 Å². The molecule has 0 atom stereocenters. The van der Waals surface area contributed by atoms with Gasteiger partial charge in [-0.3, -0.25) is 4.79 Å². The van der Waals surface area contributed by atoms with Crippen LogP contribution < -0.4 is 20.3 Å². The lowest BCUT2D eigenvalue weighted by Gasteiger charge is -2.15. The third-order valence-corrected chi connectivity index (χ3v) is 8.23. The fourth-order valence-electron chi connectivity index (χ4n) is 4.19. The van der Waals surface area contributed by atoms with Crippen LogP contribution in [0.1, 0.15) is 19.8 Å². The molecular formula is C31H36BF6N3O6Si. The van der Waals surface area contributed by atoms with Crippen LogP contribution in [0.3, 0.4) is 0 Å². The zero-order chi connectivity index (χ0) is 35.7. The quantitative estimate of drug-likeness (QED) is 0.0836. The van der Waals surface area contributed by atoms with Gasteiger partial charge in [0.2, 0.25) is 5.91 Å². The number of aromatic nitrogens is 2. The van der Waals surface area contributed by atoms with Gasteiger partial charge < -0.3 is 29.6 Å². The minimum absolute atomic E-state index is 0.0968. The largest absolute Gasteiger partial charge is 0.573 e. The Hall–Kier alpha value is -4.06. The van der Waals surface area contributed by atoms with E-state index in [0.717, 1.165) is 58.8 Å². The van der Waals surface area contributed by atoms with Gasteiger partial charge in [0, 0.05) is 26.5 Å². The summed E-state index contributed by atoms with van der Waals surface area (Å²) in [6, 6.07) is 16.5. The first kappa shape index (κ1) is 38.4. The van der Waals surface area contributed by atoms with E-state index in [4.69, 9.17) is 14.8 Å². The Kier molecular flexibility index (Phi) is 13.1. The van der Waals surface area contributed by atoms with E-state index in [9.17, 15) is 31.1 Å². The van der Waals surface area contributed by atoms with Gasteiger partial charge in [-0.1, -0.05) is 56.9 Å². The van der Waals surface area contributed by atoms with Gasteiger partial charge in [-0.25, -0.2) is 4.68 Å². The standard InChI is InChI=1S/C24H30F3N3O3Si.C7H6BF3O3/c1-5-6-22(31)28-23-20-12-9-18(17-7-10-19(11-8-17)33-24(25,26)27)15-21(20)30(29-23)16-32-13-14-34(2,3)4;9-7(10,11)14-6-3-1-5(2-4-6)8(12)13/h7-12,15H,5-6,13-14,16H2,1-4H3,(H,28,29,31);1-4,12-13H. The maximum atomic E-state index is 12.4. The van der Waals surface area contributed by atoms with E-state index < -0.39 is 33.7 Å². The van der Waals surface area contributed by atoms with E-state index in [1.165, 1.54) is 12.1 Å². The van der Waals surface area contributed by atoms with Crippen molar-refractivity contribution in [3.8, 4) is 22.6 Å². The van der Waals surface area contributed by atoms with Crippen molar-refractivity contribution in [2.24, 2.45) is 0 Å². The molecule has 0 radical (unpaired) electrons. The third-order valence-electron chi connectivity index (χ3n) is 6.53. The first-order chi connectivity index (χ1) is 22.3. The zero-order valence-corrected chi connectivity index (χ0v) is 27.7. The number of fused-ring (bicyclic) bond motifs is 1. The van der Waals surface area contributed by atoms with Crippen LogP contribution in [0.15, 0.2) is 66.7 Å². The Morgan fingerprint density at radius 2 is 1.42 bits per heavy atom. The van der Waals surface area contributed by atoms with Crippen molar-refractivity contribution in [1.82, 2.24) is 9.78 Å². The van der Waals surface area contributed by atoms with Crippen LogP contribution in [0.4, 0.5) is 32.2 Å². The molecular weight excluding hydrogens is 663 g/mol. The van der Waals surface area contributed by atoms with Gasteiger partial charge in [-0.15, -0.1) is 26.3 Å². The van der Waals surface area contributed by atoms with Gasteiger partial charge in [-0.05, 0) is 65.5 Å². The van der Waals surface area contributed by atoms with Crippen molar-refractivity contribution >= 4 is 43.3 Å². The van der Waals surface area contributed by atoms with Gasteiger partial charge in [0.05, 0.1) is 5.52 Å². The highest BCUT2D eigenvalue weighted by molar-refractivity contribution is 6.76. The monoisotopic (exact) mass is 699 g/mol. The first-order valence-corrected chi connectivity index (χ1v) is 18.5. The van der Waals surface area contributed by atoms with Crippen LogP contribution in [0, 0.1) is 0 Å². The van der Waals surface area contributed by atoms with E-state index in [1.54, 1.807) is 16.8 Å². The molecule has 1 heterocycles. The van der Waals surface area contributed by atoms with Crippen molar-refractivity contribution < 1.29 is 55.4 Å². The highest BCUT2D eigenvalue weighted by Crippen LogP contribution is 2.31. The number of benzene rings is 3. The van der Waals surface area contributed by atoms with Crippen LogP contribution in [0.5, 0.6) is 11.5 Å². The number of carbonyl (C=O) groups is 1. The summed E-state index contributed by atoms with van der Waals surface area (Å²) in [6.07, 6.45) is -8.35. The van der Waals surface area contributed by atoms with Crippen molar-refractivity contribution in [1.29, 1.82) is 0 Å². The Balaban J connectivity index is 0.000000373. The summed E-state index contributed by atoms with van der Waals surface area (Å²) in [7, 11) is -2.94. The second-order valence-electron chi connectivity index (χ2n) is 11.8. The van der Waals surface area contributed by atoms with Gasteiger partial charge in [0.15, 0.2) is 5.82 Å². The van der Waals surface area contributed by atoms with Crippen molar-refractivity contribution in [2.45, 2.75) is 64.9 Å². The minimum Gasteiger partial charge on any atom is -0.423 e. The number of anilines is 1. The molecule has 0 aliphatic carbocycles. The Morgan fingerprint density at radius 1 is 0.875 bits per heavy atom. The summed E-state index contributed by atoms with van der Waals surface area (Å²) in [5, 5.41) is 25.5. The Bertz CT molecular complexity index is 1630. The molecule has 4 aromatic rings. The molecule has 17 heteroatoms. The van der Waals surface area contributed by atoms with E-state index in [2.05, 4.69) is 39.5 Å². The molecule has 0 fully saturated rings. The second-order valence-corrected chi connectivity index (χ2v) is 17.4. The molecule has 9 nitrogen and oxygen atoms in total. The molecule has 0 aliphatic rings. The first-order valence-electron chi connectivity index (χ1n) is 14.8. The van der Waals surface area contributed by atoms with Crippen LogP contribution >= 0.6 is 0 Å². The summed E-state index contributed by atoms with van der Waals surface area (Å²) in [5.74, 6) is -0.332. The van der Waals surface area contributed by atoms with Gasteiger partial charge in [0.25, 0.3) is 0 Å². The molecule has 0 saturated heterocycles. The van der Waals surface area contributed by atoms with Crippen molar-refractivity contribution in [2.75, 3.05) is 11.9 Å². The number of alkyl halides is 6. The number of rotatable bonds is 12. The number of carbonyl (C=O) groups excluding carboxylic acids is 1. The SMILES string of the molecule is CCCC(=O)Nc1nn(COCC[Si](C)(C)C)c2cc(-c3ccc(OC(F)(F)F)cc3)ccc12.OB(O)c1ccc(OC(F)(F)F)cc1. The molecule has 3 aromatic carbocycles. The number of nitrogens with one attached hydrogen (secondary N) is 1. The van der Waals surface area contributed by atoms with Crippen LogP contribution in [0.2, 0.25) is 25.7 Å². The predicted molar refractivity (Wildman–Crippen MR) is 172 cm³/mol. The van der Waals surface area contributed by atoms with Gasteiger partial charge >= 0.3 is 19.8 Å². The molecule has 1 amide bonds. The van der Waals surface area contributed by atoms with E-state index in [1.807, 2.05) is 25.1 Å². The molecule has 0 spiro atoms. The smallest absolute Gasteiger partial charge is 0.423 e. The predicted octanol–water partition coefficient (Wildman–Crippen LogP) is 6.92. The van der Waals surface area contributed by atoms with Crippen LogP contribution in [0.25, 0.3) is 22.0 Å². The second kappa shape index (κ2) is 16.4. The number of halogens is 6. The lowest BCUT2D eigenvalue weighted by Crippen LogP contribution is -2.29. The van der Waals surface area contributed by atoms with Gasteiger partial charge in [-0.2, -0.15) is 5.10 Å². The molecule has 48 heavy (non-hydrogen) atoms. The molecule has 4 rings (SSSR count). The van der Waals surface area contributed by atoms with Crippen molar-refractivity contribution in [3.05, 3.63) is 66.7 Å². The van der Waals surface area contributed by atoms with Crippen LogP contribution in [-0.4, -0.2) is 60.3 Å². The number of ether oxygens (including phenoxy) is 3. The Morgan fingerprint density at radius 3 is 1.92 bits per heavy atom. The summed E-state index contributed by atoms with van der Waals surface area (Å²) >= 11 is 0. The third kappa shape index (κ3) is 12.9. The highest BCUT2D eigenvalue weighted by Gasteiger charge is 2.31. The molecule has 3 N–H and O–H groups in total. The lowest BCUT2D eigenvalue weighted by atomic mass is 9.80. The molecule has 0 unspecified atom stereocenters. The average Bonchev–Trinajstić information content (AvgIpc) is 3.30. The molecule has 0 aliphatic heterocycles. The fraction of sp³-hybridized carbons (Fsp3) is 0.355.